The van der Waals surface area contributed by atoms with Crippen LogP contribution in [-0.4, -0.2) is 25.5 Å². The topological polar surface area (TPSA) is 88.5 Å². The summed E-state index contributed by atoms with van der Waals surface area (Å²) in [5.74, 6) is -2.39. The second kappa shape index (κ2) is 7.54. The monoisotopic (exact) mass is 428 g/mol. The lowest BCUT2D eigenvalue weighted by Crippen LogP contribution is -2.19. The summed E-state index contributed by atoms with van der Waals surface area (Å²) in [7, 11) is 1.26. The van der Waals surface area contributed by atoms with Crippen molar-refractivity contribution in [3.63, 3.8) is 0 Å². The van der Waals surface area contributed by atoms with Crippen molar-refractivity contribution >= 4 is 11.6 Å². The summed E-state index contributed by atoms with van der Waals surface area (Å²) in [6, 6.07) is 4.36. The van der Waals surface area contributed by atoms with Crippen LogP contribution in [0.25, 0.3) is 5.69 Å². The Morgan fingerprint density at radius 2 is 2.00 bits per heavy atom. The summed E-state index contributed by atoms with van der Waals surface area (Å²) < 4.78 is 82.3. The predicted molar refractivity (Wildman–Crippen MR) is 89.4 cm³/mol. The van der Waals surface area contributed by atoms with E-state index in [1.54, 1.807) is 6.07 Å². The second-order valence-corrected chi connectivity index (χ2v) is 5.95. The molecule has 2 aromatic heterocycles. The van der Waals surface area contributed by atoms with E-state index in [4.69, 9.17) is 5.26 Å². The van der Waals surface area contributed by atoms with Crippen LogP contribution in [0.1, 0.15) is 33.7 Å². The van der Waals surface area contributed by atoms with Crippen molar-refractivity contribution < 1.29 is 31.1 Å². The molecule has 0 fully saturated rings. The maximum absolute atomic E-state index is 14.1. The first-order valence-corrected chi connectivity index (χ1v) is 8.01. The molecule has 13 heteroatoms. The minimum absolute atomic E-state index is 0.127. The smallest absolute Gasteiger partial charge is 0.319 e. The molecule has 1 amide bonds. The maximum atomic E-state index is 14.1. The Morgan fingerprint density at radius 1 is 1.30 bits per heavy atom. The van der Waals surface area contributed by atoms with Crippen molar-refractivity contribution in [3.8, 4) is 11.8 Å². The fourth-order valence-electron chi connectivity index (χ4n) is 2.67. The molecule has 30 heavy (non-hydrogen) atoms. The van der Waals surface area contributed by atoms with Gasteiger partial charge >= 0.3 is 6.18 Å². The van der Waals surface area contributed by atoms with Crippen LogP contribution in [-0.2, 0) is 13.2 Å². The minimum atomic E-state index is -5.12. The number of nitrogens with one attached hydrogen (secondary N) is 1. The number of nitriles is 1. The third kappa shape index (κ3) is 3.84. The van der Waals surface area contributed by atoms with Crippen molar-refractivity contribution in [3.05, 3.63) is 58.9 Å². The van der Waals surface area contributed by atoms with E-state index >= 15 is 0 Å². The zero-order chi connectivity index (χ0) is 22.2. The quantitative estimate of drug-likeness (QED) is 0.640. The highest BCUT2D eigenvalue weighted by molar-refractivity contribution is 6.05. The lowest BCUT2D eigenvalue weighted by Gasteiger charge is -2.14. The number of aryl methyl sites for hydroxylation is 1. The Morgan fingerprint density at radius 3 is 2.60 bits per heavy atom. The lowest BCUT2D eigenvalue weighted by atomic mass is 10.2. The Bertz CT molecular complexity index is 1160. The molecule has 0 radical (unpaired) electrons. The number of nitrogens with zero attached hydrogens (tertiary/aromatic N) is 5. The molecule has 7 nitrogen and oxygen atoms in total. The summed E-state index contributed by atoms with van der Waals surface area (Å²) >= 11 is 0. The number of carbonyl (C=O) groups excluding carboxylic acids is 1. The number of halogens is 6. The molecule has 1 aromatic carbocycles. The highest BCUT2D eigenvalue weighted by Crippen LogP contribution is 2.37. The van der Waals surface area contributed by atoms with Crippen LogP contribution in [0.3, 0.4) is 0 Å². The zero-order valence-corrected chi connectivity index (χ0v) is 14.9. The predicted octanol–water partition coefficient (Wildman–Crippen LogP) is 3.83. The molecule has 0 bridgehead atoms. The number of hydrogen-bond donors (Lipinski definition) is 1. The fraction of sp³-hybridized carbons (Fsp3) is 0.176. The number of aromatic nitrogens is 4. The van der Waals surface area contributed by atoms with Crippen LogP contribution < -0.4 is 5.32 Å². The van der Waals surface area contributed by atoms with Crippen LogP contribution in [0.2, 0.25) is 0 Å². The number of hydrogen-bond acceptors (Lipinski definition) is 4. The molecule has 3 aromatic rings. The van der Waals surface area contributed by atoms with Gasteiger partial charge in [-0.3, -0.25) is 9.48 Å². The fourth-order valence-corrected chi connectivity index (χ4v) is 2.67. The van der Waals surface area contributed by atoms with Gasteiger partial charge in [0.2, 0.25) is 0 Å². The summed E-state index contributed by atoms with van der Waals surface area (Å²) in [6.45, 7) is 0. The zero-order valence-electron chi connectivity index (χ0n) is 14.9. The van der Waals surface area contributed by atoms with Gasteiger partial charge in [0, 0.05) is 13.2 Å². The van der Waals surface area contributed by atoms with E-state index in [9.17, 15) is 31.1 Å². The van der Waals surface area contributed by atoms with Crippen LogP contribution in [0.15, 0.2) is 30.6 Å². The highest BCUT2D eigenvalue weighted by Gasteiger charge is 2.40. The molecular formula is C17H10F6N6O. The van der Waals surface area contributed by atoms with Crippen molar-refractivity contribution in [1.82, 2.24) is 19.6 Å². The first-order chi connectivity index (χ1) is 14.0. The van der Waals surface area contributed by atoms with Gasteiger partial charge in [0.25, 0.3) is 12.3 Å². The van der Waals surface area contributed by atoms with Gasteiger partial charge in [-0.05, 0) is 18.2 Å². The molecule has 156 valence electrons. The van der Waals surface area contributed by atoms with E-state index in [1.807, 2.05) is 5.32 Å². The van der Waals surface area contributed by atoms with E-state index in [2.05, 4.69) is 10.2 Å². The number of amides is 1. The number of benzene rings is 1. The van der Waals surface area contributed by atoms with Gasteiger partial charge < -0.3 is 5.32 Å². The Labute approximate surface area is 164 Å². The van der Waals surface area contributed by atoms with E-state index in [0.29, 0.717) is 6.20 Å². The molecule has 0 saturated carbocycles. The first-order valence-electron chi connectivity index (χ1n) is 8.01. The van der Waals surface area contributed by atoms with Crippen LogP contribution >= 0.6 is 0 Å². The molecule has 0 aliphatic heterocycles. The van der Waals surface area contributed by atoms with Crippen LogP contribution in [0.4, 0.5) is 32.0 Å². The van der Waals surface area contributed by atoms with E-state index in [1.165, 1.54) is 7.05 Å². The average molecular weight is 428 g/mol. The van der Waals surface area contributed by atoms with E-state index < -0.39 is 52.7 Å². The third-order valence-electron chi connectivity index (χ3n) is 3.90. The van der Waals surface area contributed by atoms with Gasteiger partial charge in [0.15, 0.2) is 5.69 Å². The summed E-state index contributed by atoms with van der Waals surface area (Å²) in [6.07, 6.45) is -6.74. The van der Waals surface area contributed by atoms with Gasteiger partial charge in [-0.1, -0.05) is 0 Å². The molecule has 3 rings (SSSR count). The van der Waals surface area contributed by atoms with Gasteiger partial charge in [0.1, 0.15) is 17.2 Å². The molecule has 0 unspecified atom stereocenters. The standard InChI is InChI=1S/C17H10F6N6O/c1-28-7-9(13(27-28)15(19)20)16(30)26-11-6-25-29(14(11)17(21,22)23)12-4-8(5-24)2-3-10(12)18/h2-4,6-7,15H,1H3,(H,26,30). The summed E-state index contributed by atoms with van der Waals surface area (Å²) in [5, 5.41) is 17.6. The van der Waals surface area contributed by atoms with Crippen molar-refractivity contribution in [2.75, 3.05) is 5.32 Å². The van der Waals surface area contributed by atoms with Crippen LogP contribution in [0, 0.1) is 17.1 Å². The minimum Gasteiger partial charge on any atom is -0.319 e. The number of alkyl halides is 5. The van der Waals surface area contributed by atoms with Gasteiger partial charge in [-0.15, -0.1) is 0 Å². The number of carbonyl (C=O) groups is 1. The average Bonchev–Trinajstić information content (AvgIpc) is 3.25. The molecule has 2 heterocycles. The number of rotatable bonds is 4. The van der Waals surface area contributed by atoms with E-state index in [-0.39, 0.29) is 10.2 Å². The Kier molecular flexibility index (Phi) is 5.26. The third-order valence-corrected chi connectivity index (χ3v) is 3.90. The van der Waals surface area contributed by atoms with Crippen LogP contribution in [0.5, 0.6) is 0 Å². The summed E-state index contributed by atoms with van der Waals surface area (Å²) in [4.78, 5) is 12.3. The molecule has 0 aliphatic rings. The normalized spacial score (nSPS) is 11.6. The lowest BCUT2D eigenvalue weighted by molar-refractivity contribution is -0.142. The second-order valence-electron chi connectivity index (χ2n) is 5.95. The summed E-state index contributed by atoms with van der Waals surface area (Å²) in [5.41, 5.74) is -4.81. The molecular weight excluding hydrogens is 418 g/mol. The van der Waals surface area contributed by atoms with Gasteiger partial charge in [0.05, 0.1) is 29.1 Å². The molecule has 0 spiro atoms. The van der Waals surface area contributed by atoms with Crippen molar-refractivity contribution in [1.29, 1.82) is 5.26 Å². The highest BCUT2D eigenvalue weighted by atomic mass is 19.4. The largest absolute Gasteiger partial charge is 0.435 e. The molecule has 0 saturated heterocycles. The Hall–Kier alpha value is -3.82. The molecule has 0 atom stereocenters. The Balaban J connectivity index is 2.08. The maximum Gasteiger partial charge on any atom is 0.435 e. The number of anilines is 1. The van der Waals surface area contributed by atoms with Crippen molar-refractivity contribution in [2.45, 2.75) is 12.6 Å². The van der Waals surface area contributed by atoms with Gasteiger partial charge in [-0.25, -0.2) is 17.9 Å². The molecule has 1 N–H and O–H groups in total. The SMILES string of the molecule is Cn1cc(C(=O)Nc2cnn(-c3cc(C#N)ccc3F)c2C(F)(F)F)c(C(F)F)n1. The molecule has 0 aliphatic carbocycles. The van der Waals surface area contributed by atoms with Gasteiger partial charge in [-0.2, -0.15) is 28.6 Å². The van der Waals surface area contributed by atoms with E-state index in [0.717, 1.165) is 29.1 Å². The first kappa shape index (κ1) is 20.9. The van der Waals surface area contributed by atoms with Crippen molar-refractivity contribution in [2.24, 2.45) is 7.05 Å².